The number of fused-ring (bicyclic) bond motifs is 6. The Morgan fingerprint density at radius 1 is 0.298 bits per heavy atom. The molecule has 3 heteroatoms. The van der Waals surface area contributed by atoms with Crippen LogP contribution in [0.4, 0.5) is 17.1 Å². The Balaban J connectivity index is 1.20. The van der Waals surface area contributed by atoms with E-state index in [4.69, 9.17) is 4.42 Å². The minimum absolute atomic E-state index is 0.885. The number of aromatic nitrogens is 1. The molecule has 2 heterocycles. The number of furan rings is 1. The summed E-state index contributed by atoms with van der Waals surface area (Å²) in [5, 5.41) is 4.68. The summed E-state index contributed by atoms with van der Waals surface area (Å²) in [4.78, 5) is 2.41. The second-order valence-corrected chi connectivity index (χ2v) is 14.6. The number of nitrogens with zero attached hydrogens (tertiary/aromatic N) is 2. The first kappa shape index (κ1) is 32.8. The predicted molar refractivity (Wildman–Crippen MR) is 239 cm³/mol. The van der Waals surface area contributed by atoms with Crippen molar-refractivity contribution in [1.82, 2.24) is 4.57 Å². The molecule has 3 nitrogen and oxygen atoms in total. The molecule has 0 radical (unpaired) electrons. The van der Waals surface area contributed by atoms with Gasteiger partial charge in [0, 0.05) is 44.3 Å². The minimum atomic E-state index is 0.885. The number of anilines is 3. The largest absolute Gasteiger partial charge is 0.456 e. The Hall–Kier alpha value is -7.62. The van der Waals surface area contributed by atoms with Crippen LogP contribution in [0.5, 0.6) is 0 Å². The van der Waals surface area contributed by atoms with Crippen LogP contribution in [-0.2, 0) is 0 Å². The van der Waals surface area contributed by atoms with E-state index >= 15 is 0 Å². The monoisotopic (exact) mass is 728 g/mol. The first-order chi connectivity index (χ1) is 28.2. The molecule has 57 heavy (non-hydrogen) atoms. The number of hydrogen-bond acceptors (Lipinski definition) is 2. The van der Waals surface area contributed by atoms with Crippen molar-refractivity contribution in [1.29, 1.82) is 0 Å². The first-order valence-electron chi connectivity index (χ1n) is 19.4. The van der Waals surface area contributed by atoms with Crippen LogP contribution < -0.4 is 4.90 Å². The van der Waals surface area contributed by atoms with E-state index in [0.29, 0.717) is 0 Å². The van der Waals surface area contributed by atoms with Crippen LogP contribution in [0.1, 0.15) is 0 Å². The highest BCUT2D eigenvalue weighted by Crippen LogP contribution is 2.43. The van der Waals surface area contributed by atoms with Crippen molar-refractivity contribution in [2.75, 3.05) is 4.90 Å². The van der Waals surface area contributed by atoms with Gasteiger partial charge in [-0.2, -0.15) is 0 Å². The maximum absolute atomic E-state index is 6.28. The van der Waals surface area contributed by atoms with Crippen molar-refractivity contribution in [3.63, 3.8) is 0 Å². The molecule has 11 aromatic rings. The minimum Gasteiger partial charge on any atom is -0.456 e. The normalized spacial score (nSPS) is 11.5. The van der Waals surface area contributed by atoms with Gasteiger partial charge in [-0.05, 0) is 106 Å². The van der Waals surface area contributed by atoms with E-state index in [1.165, 1.54) is 32.9 Å². The average molecular weight is 729 g/mol. The zero-order chi connectivity index (χ0) is 37.7. The summed E-state index contributed by atoms with van der Waals surface area (Å²) in [5.74, 6) is 0. The van der Waals surface area contributed by atoms with Crippen LogP contribution in [0, 0.1) is 0 Å². The summed E-state index contributed by atoms with van der Waals surface area (Å²) in [6.07, 6.45) is 0. The van der Waals surface area contributed by atoms with Gasteiger partial charge in [0.1, 0.15) is 11.2 Å². The van der Waals surface area contributed by atoms with Gasteiger partial charge < -0.3 is 13.9 Å². The van der Waals surface area contributed by atoms with Gasteiger partial charge in [0.15, 0.2) is 0 Å². The molecule has 0 bridgehead atoms. The topological polar surface area (TPSA) is 21.3 Å². The molecule has 0 N–H and O–H groups in total. The van der Waals surface area contributed by atoms with Gasteiger partial charge in [0.25, 0.3) is 0 Å². The molecule has 268 valence electrons. The van der Waals surface area contributed by atoms with E-state index in [9.17, 15) is 0 Å². The highest BCUT2D eigenvalue weighted by atomic mass is 16.3. The first-order valence-corrected chi connectivity index (χ1v) is 19.4. The Morgan fingerprint density at radius 2 is 0.789 bits per heavy atom. The maximum atomic E-state index is 6.28. The van der Waals surface area contributed by atoms with Gasteiger partial charge in [-0.1, -0.05) is 146 Å². The lowest BCUT2D eigenvalue weighted by molar-refractivity contribution is 0.669. The number of para-hydroxylation sites is 3. The fourth-order valence-corrected chi connectivity index (χ4v) is 8.48. The molecule has 0 aliphatic rings. The van der Waals surface area contributed by atoms with Gasteiger partial charge in [-0.25, -0.2) is 0 Å². The van der Waals surface area contributed by atoms with Crippen LogP contribution in [0.25, 0.3) is 82.8 Å². The molecule has 9 aromatic carbocycles. The second kappa shape index (κ2) is 13.6. The number of rotatable bonds is 7. The molecular formula is C54H36N2O. The van der Waals surface area contributed by atoms with Crippen molar-refractivity contribution >= 4 is 60.8 Å². The zero-order valence-electron chi connectivity index (χ0n) is 31.1. The fourth-order valence-electron chi connectivity index (χ4n) is 8.48. The molecule has 2 aromatic heterocycles. The summed E-state index contributed by atoms with van der Waals surface area (Å²) in [6, 6.07) is 78.4. The van der Waals surface area contributed by atoms with Crippen molar-refractivity contribution in [3.05, 3.63) is 218 Å². The smallest absolute Gasteiger partial charge is 0.135 e. The molecule has 11 rings (SSSR count). The Morgan fingerprint density at radius 3 is 1.42 bits per heavy atom. The lowest BCUT2D eigenvalue weighted by atomic mass is 9.99. The average Bonchev–Trinajstić information content (AvgIpc) is 3.83. The van der Waals surface area contributed by atoms with E-state index in [-0.39, 0.29) is 0 Å². The van der Waals surface area contributed by atoms with Crippen LogP contribution in [0.3, 0.4) is 0 Å². The van der Waals surface area contributed by atoms with Crippen LogP contribution in [-0.4, -0.2) is 4.57 Å². The van der Waals surface area contributed by atoms with Crippen molar-refractivity contribution in [2.24, 2.45) is 0 Å². The van der Waals surface area contributed by atoms with Crippen molar-refractivity contribution < 1.29 is 4.42 Å². The summed E-state index contributed by atoms with van der Waals surface area (Å²) in [5.41, 5.74) is 15.3. The lowest BCUT2D eigenvalue weighted by Gasteiger charge is -2.28. The number of benzene rings is 9. The van der Waals surface area contributed by atoms with Crippen LogP contribution in [0.2, 0.25) is 0 Å². The van der Waals surface area contributed by atoms with Crippen LogP contribution in [0.15, 0.2) is 223 Å². The third-order valence-electron chi connectivity index (χ3n) is 11.1. The molecule has 0 atom stereocenters. The highest BCUT2D eigenvalue weighted by molar-refractivity contribution is 6.10. The lowest BCUT2D eigenvalue weighted by Crippen LogP contribution is -2.11. The van der Waals surface area contributed by atoms with Gasteiger partial charge in [-0.15, -0.1) is 0 Å². The maximum Gasteiger partial charge on any atom is 0.135 e. The molecule has 0 amide bonds. The number of hydrogen-bond donors (Lipinski definition) is 0. The Labute approximate surface area is 330 Å². The van der Waals surface area contributed by atoms with Crippen LogP contribution >= 0.6 is 0 Å². The van der Waals surface area contributed by atoms with Gasteiger partial charge >= 0.3 is 0 Å². The predicted octanol–water partition coefficient (Wildman–Crippen LogP) is 15.2. The quantitative estimate of drug-likeness (QED) is 0.163. The highest BCUT2D eigenvalue weighted by Gasteiger charge is 2.20. The van der Waals surface area contributed by atoms with Gasteiger partial charge in [-0.3, -0.25) is 0 Å². The zero-order valence-corrected chi connectivity index (χ0v) is 31.1. The second-order valence-electron chi connectivity index (χ2n) is 14.6. The van der Waals surface area contributed by atoms with E-state index in [2.05, 4.69) is 216 Å². The summed E-state index contributed by atoms with van der Waals surface area (Å²) >= 11 is 0. The third kappa shape index (κ3) is 5.76. The van der Waals surface area contributed by atoms with E-state index in [1.54, 1.807) is 0 Å². The van der Waals surface area contributed by atoms with Gasteiger partial charge in [0.2, 0.25) is 0 Å². The van der Waals surface area contributed by atoms with E-state index < -0.39 is 0 Å². The molecule has 0 unspecified atom stereocenters. The molecule has 0 aliphatic carbocycles. The fraction of sp³-hybridized carbons (Fsp3) is 0. The Bertz CT molecular complexity index is 3110. The molecular weight excluding hydrogens is 693 g/mol. The van der Waals surface area contributed by atoms with Crippen molar-refractivity contribution in [2.45, 2.75) is 0 Å². The summed E-state index contributed by atoms with van der Waals surface area (Å²) < 4.78 is 8.70. The van der Waals surface area contributed by atoms with Gasteiger partial charge in [0.05, 0.1) is 11.0 Å². The standard InChI is InChI=1S/C54H36N2O/c1-3-15-37(16-4-1)39-19-13-21-43(31-39)55(44-22-14-20-40(32-44)38-17-5-2-6-18-38)45-33-42(41-29-30-54-50(35-41)49-25-9-12-28-53(49)57-54)34-46(36-45)56-51-26-10-7-23-47(51)48-24-8-11-27-52(48)56/h1-36H. The molecule has 0 saturated heterocycles. The molecule has 0 fully saturated rings. The summed E-state index contributed by atoms with van der Waals surface area (Å²) in [6.45, 7) is 0. The SMILES string of the molecule is c1ccc(-c2cccc(N(c3cccc(-c4ccccc4)c3)c3cc(-c4ccc5oc6ccccc6c5c4)cc(-n4c5ccccc5c5ccccc54)c3)c2)cc1. The molecule has 0 saturated carbocycles. The molecule has 0 aliphatic heterocycles. The summed E-state index contributed by atoms with van der Waals surface area (Å²) in [7, 11) is 0. The Kier molecular flexibility index (Phi) is 7.82. The van der Waals surface area contributed by atoms with Crippen molar-refractivity contribution in [3.8, 4) is 39.1 Å². The third-order valence-corrected chi connectivity index (χ3v) is 11.1. The van der Waals surface area contributed by atoms with E-state index in [1.807, 2.05) is 12.1 Å². The molecule has 0 spiro atoms. The van der Waals surface area contributed by atoms with E-state index in [0.717, 1.165) is 66.9 Å².